The number of rotatable bonds is 4. The Kier molecular flexibility index (Phi) is 2.79. The molecule has 1 aromatic carbocycles. The van der Waals surface area contributed by atoms with E-state index in [-0.39, 0.29) is 17.0 Å². The molecule has 2 aromatic rings. The minimum absolute atomic E-state index is 0.0658. The number of aromatic amines is 1. The molecule has 5 N–H and O–H groups in total. The number of fused-ring (bicyclic) bond motifs is 1. The summed E-state index contributed by atoms with van der Waals surface area (Å²) in [4.78, 5) is 18.3. The Labute approximate surface area is 114 Å². The first-order valence-electron chi connectivity index (χ1n) is 6.30. The molecular formula is C13H16N4O3. The van der Waals surface area contributed by atoms with Gasteiger partial charge in [0.15, 0.2) is 11.5 Å². The highest BCUT2D eigenvalue weighted by Gasteiger charge is 2.39. The molecule has 1 aliphatic carbocycles. The molecule has 1 heterocycles. The first-order valence-corrected chi connectivity index (χ1v) is 6.30. The zero-order valence-electron chi connectivity index (χ0n) is 11.1. The summed E-state index contributed by atoms with van der Waals surface area (Å²) in [5.74, 6) is 1.05. The van der Waals surface area contributed by atoms with E-state index in [4.69, 9.17) is 20.9 Å². The quantitative estimate of drug-likeness (QED) is 0.743. The molecule has 1 fully saturated rings. The normalized spacial score (nSPS) is 16.1. The largest absolute Gasteiger partial charge is 0.493 e. The number of nitrogens with two attached hydrogens (primary N) is 2. The van der Waals surface area contributed by atoms with Crippen LogP contribution in [-0.4, -0.2) is 29.2 Å². The van der Waals surface area contributed by atoms with Crippen molar-refractivity contribution in [2.24, 2.45) is 5.73 Å². The lowest BCUT2D eigenvalue weighted by molar-refractivity contribution is 0.264. The van der Waals surface area contributed by atoms with Gasteiger partial charge >= 0.3 is 0 Å². The Balaban J connectivity index is 2.03. The van der Waals surface area contributed by atoms with Gasteiger partial charge in [-0.15, -0.1) is 0 Å². The third-order valence-corrected chi connectivity index (χ3v) is 3.42. The molecule has 0 amide bonds. The fraction of sp³-hybridized carbons (Fsp3) is 0.385. The average molecular weight is 276 g/mol. The first-order chi connectivity index (χ1) is 9.50. The van der Waals surface area contributed by atoms with Crippen LogP contribution in [0.25, 0.3) is 10.9 Å². The standard InChI is InChI=1S/C13H16N4O3/c1-19-9-4-7-8(16-12(14)17-11(7)18)5-10(9)20-6-13(15)2-3-13/h4-5H,2-3,6,15H2,1H3,(H3,14,16,17,18). The van der Waals surface area contributed by atoms with E-state index in [1.54, 1.807) is 12.1 Å². The van der Waals surface area contributed by atoms with Gasteiger partial charge in [-0.25, -0.2) is 4.98 Å². The van der Waals surface area contributed by atoms with Gasteiger partial charge in [0.25, 0.3) is 5.56 Å². The number of ether oxygens (including phenoxy) is 2. The summed E-state index contributed by atoms with van der Waals surface area (Å²) in [7, 11) is 1.52. The van der Waals surface area contributed by atoms with Crippen LogP contribution in [0.4, 0.5) is 5.95 Å². The Morgan fingerprint density at radius 2 is 2.15 bits per heavy atom. The molecule has 20 heavy (non-hydrogen) atoms. The Bertz CT molecular complexity index is 721. The molecule has 0 aliphatic heterocycles. The van der Waals surface area contributed by atoms with Gasteiger partial charge in [0.05, 0.1) is 23.6 Å². The molecule has 0 unspecified atom stereocenters. The minimum Gasteiger partial charge on any atom is -0.493 e. The number of aromatic nitrogens is 2. The molecule has 0 saturated heterocycles. The average Bonchev–Trinajstić information content (AvgIpc) is 3.14. The molecule has 7 nitrogen and oxygen atoms in total. The van der Waals surface area contributed by atoms with Gasteiger partial charge in [-0.05, 0) is 18.9 Å². The second kappa shape index (κ2) is 4.38. The van der Waals surface area contributed by atoms with Crippen molar-refractivity contribution in [2.45, 2.75) is 18.4 Å². The summed E-state index contributed by atoms with van der Waals surface area (Å²) in [5.41, 5.74) is 11.4. The Hall–Kier alpha value is -2.28. The predicted octanol–water partition coefficient (Wildman–Crippen LogP) is 0.384. The number of hydrogen-bond donors (Lipinski definition) is 3. The van der Waals surface area contributed by atoms with Crippen LogP contribution in [0.1, 0.15) is 12.8 Å². The highest BCUT2D eigenvalue weighted by Crippen LogP contribution is 2.36. The van der Waals surface area contributed by atoms with Gasteiger partial charge in [0.1, 0.15) is 6.61 Å². The molecule has 1 aromatic heterocycles. The van der Waals surface area contributed by atoms with E-state index in [0.29, 0.717) is 29.0 Å². The first kappa shape index (κ1) is 12.7. The van der Waals surface area contributed by atoms with E-state index < -0.39 is 0 Å². The van der Waals surface area contributed by atoms with Crippen molar-refractivity contribution in [1.82, 2.24) is 9.97 Å². The van der Waals surface area contributed by atoms with Crippen LogP contribution in [-0.2, 0) is 0 Å². The fourth-order valence-corrected chi connectivity index (χ4v) is 1.96. The summed E-state index contributed by atoms with van der Waals surface area (Å²) >= 11 is 0. The number of nitrogens with zero attached hydrogens (tertiary/aromatic N) is 1. The predicted molar refractivity (Wildman–Crippen MR) is 75.0 cm³/mol. The number of nitrogens with one attached hydrogen (secondary N) is 1. The van der Waals surface area contributed by atoms with Crippen LogP contribution in [0.2, 0.25) is 0 Å². The van der Waals surface area contributed by atoms with Crippen molar-refractivity contribution in [3.63, 3.8) is 0 Å². The van der Waals surface area contributed by atoms with E-state index in [1.807, 2.05) is 0 Å². The molecule has 0 bridgehead atoms. The second-order valence-corrected chi connectivity index (χ2v) is 5.12. The van der Waals surface area contributed by atoms with E-state index in [1.165, 1.54) is 7.11 Å². The Morgan fingerprint density at radius 3 is 2.80 bits per heavy atom. The summed E-state index contributed by atoms with van der Waals surface area (Å²) in [6, 6.07) is 3.23. The number of benzene rings is 1. The van der Waals surface area contributed by atoms with Crippen LogP contribution < -0.4 is 26.5 Å². The molecule has 1 saturated carbocycles. The minimum atomic E-state index is -0.310. The van der Waals surface area contributed by atoms with Gasteiger partial charge in [0, 0.05) is 6.07 Å². The summed E-state index contributed by atoms with van der Waals surface area (Å²) < 4.78 is 10.9. The smallest absolute Gasteiger partial charge is 0.260 e. The van der Waals surface area contributed by atoms with Crippen molar-refractivity contribution >= 4 is 16.9 Å². The van der Waals surface area contributed by atoms with Gasteiger partial charge in [-0.1, -0.05) is 0 Å². The molecule has 3 rings (SSSR count). The maximum atomic E-state index is 11.8. The van der Waals surface area contributed by atoms with Crippen LogP contribution >= 0.6 is 0 Å². The zero-order valence-corrected chi connectivity index (χ0v) is 11.1. The van der Waals surface area contributed by atoms with Crippen molar-refractivity contribution < 1.29 is 9.47 Å². The van der Waals surface area contributed by atoms with E-state index >= 15 is 0 Å². The summed E-state index contributed by atoms with van der Waals surface area (Å²) in [6.45, 7) is 0.410. The van der Waals surface area contributed by atoms with Gasteiger partial charge in [-0.2, -0.15) is 0 Å². The highest BCUT2D eigenvalue weighted by atomic mass is 16.5. The Morgan fingerprint density at radius 1 is 1.40 bits per heavy atom. The molecule has 106 valence electrons. The lowest BCUT2D eigenvalue weighted by Crippen LogP contribution is -2.29. The van der Waals surface area contributed by atoms with Crippen LogP contribution in [0.15, 0.2) is 16.9 Å². The van der Waals surface area contributed by atoms with Crippen molar-refractivity contribution in [3.8, 4) is 11.5 Å². The monoisotopic (exact) mass is 276 g/mol. The SMILES string of the molecule is COc1cc2c(=O)[nH]c(N)nc2cc1OCC1(N)CC1. The summed E-state index contributed by atoms with van der Waals surface area (Å²) in [6.07, 6.45) is 1.90. The number of methoxy groups -OCH3 is 1. The second-order valence-electron chi connectivity index (χ2n) is 5.12. The molecule has 1 aliphatic rings. The third kappa shape index (κ3) is 2.27. The van der Waals surface area contributed by atoms with Gasteiger partial charge in [0.2, 0.25) is 5.95 Å². The van der Waals surface area contributed by atoms with E-state index in [0.717, 1.165) is 12.8 Å². The van der Waals surface area contributed by atoms with Crippen LogP contribution in [0, 0.1) is 0 Å². The van der Waals surface area contributed by atoms with Crippen molar-refractivity contribution in [2.75, 3.05) is 19.5 Å². The van der Waals surface area contributed by atoms with Gasteiger partial charge < -0.3 is 20.9 Å². The van der Waals surface area contributed by atoms with E-state index in [9.17, 15) is 4.79 Å². The fourth-order valence-electron chi connectivity index (χ4n) is 1.96. The molecule has 0 atom stereocenters. The maximum Gasteiger partial charge on any atom is 0.260 e. The molecule has 0 spiro atoms. The third-order valence-electron chi connectivity index (χ3n) is 3.42. The number of H-pyrrole nitrogens is 1. The number of anilines is 1. The zero-order chi connectivity index (χ0) is 14.3. The van der Waals surface area contributed by atoms with Crippen molar-refractivity contribution in [1.29, 1.82) is 0 Å². The van der Waals surface area contributed by atoms with Crippen LogP contribution in [0.3, 0.4) is 0 Å². The molecular weight excluding hydrogens is 260 g/mol. The lowest BCUT2D eigenvalue weighted by Gasteiger charge is -2.14. The lowest BCUT2D eigenvalue weighted by atomic mass is 10.2. The highest BCUT2D eigenvalue weighted by molar-refractivity contribution is 5.82. The summed E-state index contributed by atoms with van der Waals surface area (Å²) in [5, 5.41) is 0.400. The topological polar surface area (TPSA) is 116 Å². The molecule has 7 heteroatoms. The van der Waals surface area contributed by atoms with Gasteiger partial charge in [-0.3, -0.25) is 9.78 Å². The van der Waals surface area contributed by atoms with Crippen LogP contribution in [0.5, 0.6) is 11.5 Å². The molecule has 0 radical (unpaired) electrons. The van der Waals surface area contributed by atoms with Crippen molar-refractivity contribution in [3.05, 3.63) is 22.5 Å². The van der Waals surface area contributed by atoms with E-state index in [2.05, 4.69) is 9.97 Å². The maximum absolute atomic E-state index is 11.8. The number of nitrogen functional groups attached to an aromatic ring is 1. The number of hydrogen-bond acceptors (Lipinski definition) is 6.